The molecule has 2 aromatic carbocycles. The molecule has 0 amide bonds. The maximum atomic E-state index is 12.4. The number of ether oxygens (including phenoxy) is 1. The number of para-hydroxylation sites is 2. The van der Waals surface area contributed by atoms with E-state index in [9.17, 15) is 14.9 Å². The van der Waals surface area contributed by atoms with E-state index in [0.29, 0.717) is 42.4 Å². The van der Waals surface area contributed by atoms with E-state index in [2.05, 4.69) is 0 Å². The first-order valence-corrected chi connectivity index (χ1v) is 8.79. The van der Waals surface area contributed by atoms with E-state index in [4.69, 9.17) is 16.3 Å². The van der Waals surface area contributed by atoms with Crippen molar-refractivity contribution in [2.45, 2.75) is 19.8 Å². The van der Waals surface area contributed by atoms with Crippen molar-refractivity contribution in [2.75, 3.05) is 18.0 Å². The van der Waals surface area contributed by atoms with Crippen molar-refractivity contribution < 1.29 is 14.5 Å². The van der Waals surface area contributed by atoms with Gasteiger partial charge in [-0.25, -0.2) is 0 Å². The molecular weight excluding hydrogens is 356 g/mol. The fourth-order valence-electron chi connectivity index (χ4n) is 3.12. The lowest BCUT2D eigenvalue weighted by Crippen LogP contribution is -2.38. The lowest BCUT2D eigenvalue weighted by Gasteiger charge is -2.32. The molecule has 1 aliphatic heterocycles. The van der Waals surface area contributed by atoms with Crippen molar-refractivity contribution in [2.24, 2.45) is 5.92 Å². The quantitative estimate of drug-likeness (QED) is 0.343. The second kappa shape index (κ2) is 7.74. The summed E-state index contributed by atoms with van der Waals surface area (Å²) in [6.45, 7) is 3.03. The van der Waals surface area contributed by atoms with Crippen LogP contribution in [0.5, 0.6) is 5.75 Å². The molecule has 1 aliphatic rings. The molecule has 0 atom stereocenters. The number of halogens is 1. The molecule has 6 nitrogen and oxygen atoms in total. The Labute approximate surface area is 156 Å². The minimum absolute atomic E-state index is 0.0834. The molecule has 0 saturated carbocycles. The maximum absolute atomic E-state index is 12.4. The number of carbonyl (C=O) groups is 1. The molecule has 0 spiro atoms. The molecule has 3 rings (SSSR count). The van der Waals surface area contributed by atoms with Gasteiger partial charge in [0.15, 0.2) is 0 Å². The molecule has 0 aliphatic carbocycles. The van der Waals surface area contributed by atoms with Crippen molar-refractivity contribution in [1.82, 2.24) is 0 Å². The largest absolute Gasteiger partial charge is 0.425 e. The van der Waals surface area contributed by atoms with Gasteiger partial charge in [-0.1, -0.05) is 29.8 Å². The van der Waals surface area contributed by atoms with Gasteiger partial charge in [-0.15, -0.1) is 0 Å². The van der Waals surface area contributed by atoms with Crippen molar-refractivity contribution in [3.05, 3.63) is 63.2 Å². The number of nitro benzene ring substituents is 1. The number of aryl methyl sites for hydroxylation is 1. The molecule has 0 radical (unpaired) electrons. The van der Waals surface area contributed by atoms with Gasteiger partial charge >= 0.3 is 5.97 Å². The van der Waals surface area contributed by atoms with Crippen LogP contribution in [0.25, 0.3) is 0 Å². The van der Waals surface area contributed by atoms with Gasteiger partial charge < -0.3 is 9.64 Å². The van der Waals surface area contributed by atoms with E-state index in [1.54, 1.807) is 30.3 Å². The normalized spacial score (nSPS) is 14.9. The Kier molecular flexibility index (Phi) is 5.42. The lowest BCUT2D eigenvalue weighted by atomic mass is 9.96. The van der Waals surface area contributed by atoms with Crippen molar-refractivity contribution in [3.63, 3.8) is 0 Å². The minimum atomic E-state index is -0.380. The average Bonchev–Trinajstić information content (AvgIpc) is 2.65. The highest BCUT2D eigenvalue weighted by atomic mass is 35.5. The molecule has 0 bridgehead atoms. The van der Waals surface area contributed by atoms with Gasteiger partial charge in [0.2, 0.25) is 0 Å². The zero-order valence-corrected chi connectivity index (χ0v) is 15.1. The summed E-state index contributed by atoms with van der Waals surface area (Å²) in [6.07, 6.45) is 1.16. The molecule has 136 valence electrons. The van der Waals surface area contributed by atoms with Crippen LogP contribution in [0.4, 0.5) is 11.4 Å². The summed E-state index contributed by atoms with van der Waals surface area (Å²) in [5.74, 6) is -0.178. The van der Waals surface area contributed by atoms with Crippen LogP contribution in [-0.2, 0) is 4.79 Å². The molecule has 26 heavy (non-hydrogen) atoms. The van der Waals surface area contributed by atoms with Gasteiger partial charge in [-0.05, 0) is 43.5 Å². The summed E-state index contributed by atoms with van der Waals surface area (Å²) in [6, 6.07) is 12.0. The van der Waals surface area contributed by atoms with Gasteiger partial charge in [0, 0.05) is 19.2 Å². The Hall–Kier alpha value is -2.60. The number of anilines is 1. The van der Waals surface area contributed by atoms with Gasteiger partial charge in [0.1, 0.15) is 11.4 Å². The topological polar surface area (TPSA) is 72.7 Å². The highest BCUT2D eigenvalue weighted by Gasteiger charge is 2.29. The summed E-state index contributed by atoms with van der Waals surface area (Å²) < 4.78 is 5.47. The fourth-order valence-corrected chi connectivity index (χ4v) is 3.28. The highest BCUT2D eigenvalue weighted by molar-refractivity contribution is 6.32. The molecule has 0 N–H and O–H groups in total. The van der Waals surface area contributed by atoms with Crippen LogP contribution < -0.4 is 9.64 Å². The average molecular weight is 375 g/mol. The number of nitrogens with zero attached hydrogens (tertiary/aromatic N) is 2. The first-order chi connectivity index (χ1) is 12.5. The van der Waals surface area contributed by atoms with E-state index >= 15 is 0 Å². The SMILES string of the molecule is Cc1ccc(Cl)c(OC(=O)C2CCN(c3ccccc3[N+](=O)[O-])CC2)c1. The van der Waals surface area contributed by atoms with Crippen LogP contribution >= 0.6 is 11.6 Å². The van der Waals surface area contributed by atoms with E-state index < -0.39 is 0 Å². The van der Waals surface area contributed by atoms with Crippen molar-refractivity contribution in [1.29, 1.82) is 0 Å². The minimum Gasteiger partial charge on any atom is -0.425 e. The molecule has 1 fully saturated rings. The molecule has 1 saturated heterocycles. The third kappa shape index (κ3) is 3.96. The van der Waals surface area contributed by atoms with Gasteiger partial charge in [-0.2, -0.15) is 0 Å². The molecule has 7 heteroatoms. The number of esters is 1. The molecule has 2 aromatic rings. The van der Waals surface area contributed by atoms with Crippen LogP contribution in [0.1, 0.15) is 18.4 Å². The zero-order chi connectivity index (χ0) is 18.7. The monoisotopic (exact) mass is 374 g/mol. The van der Waals surface area contributed by atoms with E-state index in [1.165, 1.54) is 6.07 Å². The maximum Gasteiger partial charge on any atom is 0.314 e. The van der Waals surface area contributed by atoms with Gasteiger partial charge in [-0.3, -0.25) is 14.9 Å². The summed E-state index contributed by atoms with van der Waals surface area (Å²) in [5, 5.41) is 11.6. The van der Waals surface area contributed by atoms with E-state index in [0.717, 1.165) is 5.56 Å². The third-order valence-corrected chi connectivity index (χ3v) is 4.86. The second-order valence-corrected chi connectivity index (χ2v) is 6.77. The van der Waals surface area contributed by atoms with Crippen LogP contribution in [0.3, 0.4) is 0 Å². The molecule has 1 heterocycles. The highest BCUT2D eigenvalue weighted by Crippen LogP contribution is 2.32. The van der Waals surface area contributed by atoms with E-state index in [-0.39, 0.29) is 22.5 Å². The molecule has 0 aromatic heterocycles. The first-order valence-electron chi connectivity index (χ1n) is 8.42. The summed E-state index contributed by atoms with van der Waals surface area (Å²) >= 11 is 6.08. The number of hydrogen-bond donors (Lipinski definition) is 0. The third-order valence-electron chi connectivity index (χ3n) is 4.54. The number of rotatable bonds is 4. The van der Waals surface area contributed by atoms with Gasteiger partial charge in [0.25, 0.3) is 5.69 Å². The summed E-state index contributed by atoms with van der Waals surface area (Å²) in [4.78, 5) is 25.2. The van der Waals surface area contributed by atoms with Crippen LogP contribution in [-0.4, -0.2) is 24.0 Å². The van der Waals surface area contributed by atoms with Gasteiger partial charge in [0.05, 0.1) is 15.9 Å². The summed E-state index contributed by atoms with van der Waals surface area (Å²) in [7, 11) is 0. The van der Waals surface area contributed by atoms with Crippen LogP contribution in [0.15, 0.2) is 42.5 Å². The Balaban J connectivity index is 1.64. The number of carbonyl (C=O) groups excluding carboxylic acids is 1. The lowest BCUT2D eigenvalue weighted by molar-refractivity contribution is -0.384. The smallest absolute Gasteiger partial charge is 0.314 e. The van der Waals surface area contributed by atoms with E-state index in [1.807, 2.05) is 17.9 Å². The van der Waals surface area contributed by atoms with Crippen LogP contribution in [0, 0.1) is 23.0 Å². The van der Waals surface area contributed by atoms with Crippen LogP contribution in [0.2, 0.25) is 5.02 Å². The predicted molar refractivity (Wildman–Crippen MR) is 99.9 cm³/mol. The van der Waals surface area contributed by atoms with Crippen molar-refractivity contribution in [3.8, 4) is 5.75 Å². The second-order valence-electron chi connectivity index (χ2n) is 6.36. The number of benzene rings is 2. The standard InChI is InChI=1S/C19H19ClN2O4/c1-13-6-7-15(20)18(12-13)26-19(23)14-8-10-21(11-9-14)16-4-2-3-5-17(16)22(24)25/h2-7,12,14H,8-11H2,1H3. The first kappa shape index (κ1) is 18.2. The number of piperidine rings is 1. The Morgan fingerprint density at radius 2 is 1.92 bits per heavy atom. The Bertz CT molecular complexity index is 832. The summed E-state index contributed by atoms with van der Waals surface area (Å²) in [5.41, 5.74) is 1.63. The fraction of sp³-hybridized carbons (Fsp3) is 0.316. The Morgan fingerprint density at radius 1 is 1.23 bits per heavy atom. The molecular formula is C19H19ClN2O4. The van der Waals surface area contributed by atoms with Crippen molar-refractivity contribution >= 4 is 28.9 Å². The number of hydrogen-bond acceptors (Lipinski definition) is 5. The number of nitro groups is 1. The zero-order valence-electron chi connectivity index (χ0n) is 14.4. The Morgan fingerprint density at radius 3 is 2.62 bits per heavy atom. The predicted octanol–water partition coefficient (Wildman–Crippen LogP) is 4.38. The molecule has 0 unspecified atom stereocenters.